The lowest BCUT2D eigenvalue weighted by Gasteiger charge is -2.38. The van der Waals surface area contributed by atoms with Crippen LogP contribution in [0.4, 0.5) is 0 Å². The molecule has 0 aromatic carbocycles. The number of hydrogen-bond donors (Lipinski definition) is 0. The predicted molar refractivity (Wildman–Crippen MR) is 33.5 cm³/mol. The summed E-state index contributed by atoms with van der Waals surface area (Å²) in [4.78, 5) is 5.39. The molecule has 2 fully saturated rings. The van der Waals surface area contributed by atoms with Crippen molar-refractivity contribution in [3.05, 3.63) is 0 Å². The summed E-state index contributed by atoms with van der Waals surface area (Å²) >= 11 is 0. The Labute approximate surface area is 55.1 Å². The second-order valence-corrected chi connectivity index (χ2v) is 2.65. The molecule has 2 saturated heterocycles. The molecule has 0 unspecified atom stereocenters. The van der Waals surface area contributed by atoms with Crippen molar-refractivity contribution < 1.29 is 4.94 Å². The highest BCUT2D eigenvalue weighted by molar-refractivity contribution is 4.62. The van der Waals surface area contributed by atoms with Gasteiger partial charge in [-0.05, 0) is 12.8 Å². The smallest absolute Gasteiger partial charge is 0.0272 e. The van der Waals surface area contributed by atoms with Gasteiger partial charge in [-0.1, -0.05) is 0 Å². The van der Waals surface area contributed by atoms with Crippen LogP contribution in [0.3, 0.4) is 0 Å². The van der Waals surface area contributed by atoms with Gasteiger partial charge in [0, 0.05) is 26.2 Å². The van der Waals surface area contributed by atoms with Gasteiger partial charge in [-0.25, -0.2) is 4.94 Å². The van der Waals surface area contributed by atoms with Crippen LogP contribution in [0.1, 0.15) is 12.8 Å². The van der Waals surface area contributed by atoms with Gasteiger partial charge in [0.1, 0.15) is 0 Å². The number of hydrogen-bond acceptors (Lipinski definition) is 3. The third kappa shape index (κ3) is 1.08. The van der Waals surface area contributed by atoms with Crippen LogP contribution in [0.5, 0.6) is 0 Å². The van der Waals surface area contributed by atoms with E-state index in [1.165, 1.54) is 12.8 Å². The summed E-state index contributed by atoms with van der Waals surface area (Å²) in [7, 11) is 0. The van der Waals surface area contributed by atoms with Crippen LogP contribution in [-0.2, 0) is 4.94 Å². The highest BCUT2D eigenvalue weighted by Gasteiger charge is 2.22. The zero-order valence-corrected chi connectivity index (χ0v) is 5.55. The Morgan fingerprint density at radius 2 is 1.22 bits per heavy atom. The Balaban J connectivity index is 1.64. The zero-order chi connectivity index (χ0) is 6.10. The summed E-state index contributed by atoms with van der Waals surface area (Å²) in [5, 5.41) is 4.03. The molecule has 3 nitrogen and oxygen atoms in total. The summed E-state index contributed by atoms with van der Waals surface area (Å²) in [6, 6.07) is 0. The minimum Gasteiger partial charge on any atom is -0.208 e. The molecule has 9 heavy (non-hydrogen) atoms. The van der Waals surface area contributed by atoms with E-state index in [0.717, 1.165) is 26.2 Å². The molecule has 3 heteroatoms. The van der Waals surface area contributed by atoms with Crippen molar-refractivity contribution in [2.24, 2.45) is 0 Å². The molecule has 52 valence electrons. The van der Waals surface area contributed by atoms with Crippen molar-refractivity contribution in [1.29, 1.82) is 0 Å². The van der Waals surface area contributed by atoms with E-state index < -0.39 is 0 Å². The monoisotopic (exact) mass is 128 g/mol. The van der Waals surface area contributed by atoms with Gasteiger partial charge in [-0.2, -0.15) is 10.1 Å². The zero-order valence-electron chi connectivity index (χ0n) is 5.55. The van der Waals surface area contributed by atoms with Gasteiger partial charge in [0.2, 0.25) is 0 Å². The third-order valence-corrected chi connectivity index (χ3v) is 1.86. The van der Waals surface area contributed by atoms with Crippen molar-refractivity contribution in [2.75, 3.05) is 26.2 Å². The van der Waals surface area contributed by atoms with E-state index in [4.69, 9.17) is 4.94 Å². The summed E-state index contributed by atoms with van der Waals surface area (Å²) in [5.41, 5.74) is 0. The largest absolute Gasteiger partial charge is 0.208 e. The number of rotatable bonds is 2. The standard InChI is InChI=1S/C6H12N2O/c1-3-7(4-1)9-8-5-2-6-8/h1-6H2. The Morgan fingerprint density at radius 1 is 0.778 bits per heavy atom. The first kappa shape index (κ1) is 5.65. The van der Waals surface area contributed by atoms with E-state index in [9.17, 15) is 0 Å². The fourth-order valence-corrected chi connectivity index (χ4v) is 0.901. The van der Waals surface area contributed by atoms with Crippen LogP contribution < -0.4 is 0 Å². The average molecular weight is 128 g/mol. The first-order valence-corrected chi connectivity index (χ1v) is 3.63. The Kier molecular flexibility index (Phi) is 1.41. The minimum absolute atomic E-state index is 1.12. The summed E-state index contributed by atoms with van der Waals surface area (Å²) in [5.74, 6) is 0. The third-order valence-electron chi connectivity index (χ3n) is 1.86. The van der Waals surface area contributed by atoms with Crippen LogP contribution in [0.25, 0.3) is 0 Å². The van der Waals surface area contributed by atoms with E-state index in [-0.39, 0.29) is 0 Å². The molecular formula is C6H12N2O. The van der Waals surface area contributed by atoms with Crippen LogP contribution in [0.2, 0.25) is 0 Å². The fraction of sp³-hybridized carbons (Fsp3) is 1.00. The molecular weight excluding hydrogens is 116 g/mol. The van der Waals surface area contributed by atoms with Crippen molar-refractivity contribution in [3.63, 3.8) is 0 Å². The lowest BCUT2D eigenvalue weighted by atomic mass is 10.3. The van der Waals surface area contributed by atoms with E-state index in [1.807, 2.05) is 10.1 Å². The normalized spacial score (nSPS) is 29.3. The summed E-state index contributed by atoms with van der Waals surface area (Å²) < 4.78 is 0. The molecule has 0 aliphatic carbocycles. The van der Waals surface area contributed by atoms with Gasteiger partial charge < -0.3 is 0 Å². The summed E-state index contributed by atoms with van der Waals surface area (Å²) in [6.07, 6.45) is 2.60. The highest BCUT2D eigenvalue weighted by atomic mass is 16.8. The van der Waals surface area contributed by atoms with Gasteiger partial charge in [0.15, 0.2) is 0 Å². The molecule has 0 aromatic heterocycles. The maximum atomic E-state index is 5.39. The first-order valence-electron chi connectivity index (χ1n) is 3.63. The lowest BCUT2D eigenvalue weighted by Crippen LogP contribution is -2.47. The van der Waals surface area contributed by atoms with Gasteiger partial charge in [0.25, 0.3) is 0 Å². The molecule has 2 aliphatic heterocycles. The molecule has 2 rings (SSSR count). The molecule has 0 saturated carbocycles. The van der Waals surface area contributed by atoms with E-state index in [1.54, 1.807) is 0 Å². The minimum atomic E-state index is 1.12. The molecule has 2 aliphatic rings. The topological polar surface area (TPSA) is 15.7 Å². The van der Waals surface area contributed by atoms with Crippen molar-refractivity contribution in [1.82, 2.24) is 10.1 Å². The second-order valence-electron chi connectivity index (χ2n) is 2.65. The Morgan fingerprint density at radius 3 is 1.44 bits per heavy atom. The van der Waals surface area contributed by atoms with E-state index in [0.29, 0.717) is 0 Å². The Bertz CT molecular complexity index is 87.2. The fourth-order valence-electron chi connectivity index (χ4n) is 0.901. The molecule has 0 atom stereocenters. The van der Waals surface area contributed by atoms with Gasteiger partial charge in [-0.3, -0.25) is 0 Å². The number of nitrogens with zero attached hydrogens (tertiary/aromatic N) is 2. The number of hydroxylamine groups is 4. The van der Waals surface area contributed by atoms with Crippen molar-refractivity contribution in [3.8, 4) is 0 Å². The molecule has 2 heterocycles. The highest BCUT2D eigenvalue weighted by Crippen LogP contribution is 2.13. The predicted octanol–water partition coefficient (Wildman–Crippen LogP) is 0.244. The molecule has 0 aromatic rings. The van der Waals surface area contributed by atoms with Crippen LogP contribution in [-0.4, -0.2) is 36.3 Å². The molecule has 0 N–H and O–H groups in total. The molecule has 0 bridgehead atoms. The quantitative estimate of drug-likeness (QED) is 0.530. The van der Waals surface area contributed by atoms with Crippen LogP contribution in [0, 0.1) is 0 Å². The van der Waals surface area contributed by atoms with Crippen molar-refractivity contribution >= 4 is 0 Å². The Hall–Kier alpha value is -0.120. The van der Waals surface area contributed by atoms with Gasteiger partial charge in [-0.15, -0.1) is 0 Å². The average Bonchev–Trinajstić information content (AvgIpc) is 1.57. The lowest BCUT2D eigenvalue weighted by molar-refractivity contribution is -0.365. The first-order chi connectivity index (χ1) is 4.45. The maximum Gasteiger partial charge on any atom is 0.0272 e. The van der Waals surface area contributed by atoms with Gasteiger partial charge >= 0.3 is 0 Å². The maximum absolute atomic E-state index is 5.39. The summed E-state index contributed by atoms with van der Waals surface area (Å²) in [6.45, 7) is 4.49. The van der Waals surface area contributed by atoms with Crippen LogP contribution >= 0.6 is 0 Å². The van der Waals surface area contributed by atoms with E-state index in [2.05, 4.69) is 0 Å². The van der Waals surface area contributed by atoms with Gasteiger partial charge in [0.05, 0.1) is 0 Å². The van der Waals surface area contributed by atoms with Crippen molar-refractivity contribution in [2.45, 2.75) is 12.8 Å². The second kappa shape index (κ2) is 2.25. The molecule has 0 spiro atoms. The van der Waals surface area contributed by atoms with Crippen LogP contribution in [0.15, 0.2) is 0 Å². The molecule has 0 radical (unpaired) electrons. The molecule has 0 amide bonds. The van der Waals surface area contributed by atoms with E-state index >= 15 is 0 Å². The SMILES string of the molecule is C1CN(ON2CCC2)C1.